The number of benzene rings is 1. The van der Waals surface area contributed by atoms with E-state index < -0.39 is 0 Å². The second-order valence-corrected chi connectivity index (χ2v) is 7.89. The molecule has 0 saturated heterocycles. The van der Waals surface area contributed by atoms with Gasteiger partial charge in [-0.05, 0) is 37.1 Å². The van der Waals surface area contributed by atoms with Crippen molar-refractivity contribution in [3.05, 3.63) is 56.5 Å². The molecule has 0 saturated carbocycles. The number of para-hydroxylation sites is 1. The second-order valence-electron chi connectivity index (χ2n) is 5.78. The van der Waals surface area contributed by atoms with Crippen molar-refractivity contribution >= 4 is 39.8 Å². The summed E-state index contributed by atoms with van der Waals surface area (Å²) in [5, 5.41) is 10.2. The van der Waals surface area contributed by atoms with Crippen LogP contribution in [-0.2, 0) is 13.0 Å². The predicted molar refractivity (Wildman–Crippen MR) is 106 cm³/mol. The van der Waals surface area contributed by atoms with Gasteiger partial charge in [0, 0.05) is 18.0 Å². The highest BCUT2D eigenvalue weighted by atomic mass is 32.2. The number of aromatic nitrogens is 2. The number of carbonyl (C=O) groups excluding carboxylic acids is 1. The first-order valence-corrected chi connectivity index (χ1v) is 10.3. The Labute approximate surface area is 159 Å². The monoisotopic (exact) mass is 388 g/mol. The molecule has 1 N–H and O–H groups in total. The summed E-state index contributed by atoms with van der Waals surface area (Å²) < 4.78 is 1.56. The number of hydrogen-bond acceptors (Lipinski definition) is 6. The molecule has 0 spiro atoms. The Kier molecular flexibility index (Phi) is 6.24. The number of nitrogens with zero attached hydrogens (tertiary/aromatic N) is 2. The van der Waals surface area contributed by atoms with Crippen LogP contribution in [0.1, 0.15) is 27.9 Å². The number of aliphatic hydroxyl groups excluding tert-OH is 1. The number of thiophene rings is 1. The number of rotatable bonds is 8. The third-order valence-corrected chi connectivity index (χ3v) is 6.23. The summed E-state index contributed by atoms with van der Waals surface area (Å²) in [6.07, 6.45) is 1.38. The number of hydrogen-bond donors (Lipinski definition) is 1. The van der Waals surface area contributed by atoms with Crippen LogP contribution in [0.15, 0.2) is 46.3 Å². The predicted octanol–water partition coefficient (Wildman–Crippen LogP) is 3.38. The van der Waals surface area contributed by atoms with Gasteiger partial charge in [0.2, 0.25) is 0 Å². The van der Waals surface area contributed by atoms with Crippen LogP contribution in [0.3, 0.4) is 0 Å². The van der Waals surface area contributed by atoms with Gasteiger partial charge in [-0.1, -0.05) is 30.8 Å². The number of fused-ring (bicyclic) bond motifs is 1. The first kappa shape index (κ1) is 18.8. The Balaban J connectivity index is 1.87. The van der Waals surface area contributed by atoms with Crippen LogP contribution in [0.5, 0.6) is 0 Å². The van der Waals surface area contributed by atoms with Gasteiger partial charge in [-0.25, -0.2) is 4.98 Å². The normalized spacial score (nSPS) is 11.2. The zero-order valence-corrected chi connectivity index (χ0v) is 16.1. The van der Waals surface area contributed by atoms with Crippen LogP contribution in [0.25, 0.3) is 10.9 Å². The van der Waals surface area contributed by atoms with E-state index in [0.717, 1.165) is 11.3 Å². The van der Waals surface area contributed by atoms with Crippen LogP contribution in [0, 0.1) is 0 Å². The van der Waals surface area contributed by atoms with Gasteiger partial charge in [0.25, 0.3) is 5.56 Å². The van der Waals surface area contributed by atoms with Gasteiger partial charge in [-0.3, -0.25) is 14.2 Å². The van der Waals surface area contributed by atoms with Crippen molar-refractivity contribution < 1.29 is 9.90 Å². The maximum Gasteiger partial charge on any atom is 0.262 e. The summed E-state index contributed by atoms with van der Waals surface area (Å²) in [5.41, 5.74) is 0.487. The smallest absolute Gasteiger partial charge is 0.262 e. The number of aliphatic hydroxyl groups is 1. The topological polar surface area (TPSA) is 72.2 Å². The Morgan fingerprint density at radius 2 is 2.08 bits per heavy atom. The molecule has 0 aliphatic heterocycles. The van der Waals surface area contributed by atoms with Crippen molar-refractivity contribution in [3.63, 3.8) is 0 Å². The molecule has 0 bridgehead atoms. The molecule has 0 amide bonds. The van der Waals surface area contributed by atoms with Gasteiger partial charge in [0.05, 0.1) is 21.5 Å². The van der Waals surface area contributed by atoms with Crippen LogP contribution in [0.4, 0.5) is 0 Å². The van der Waals surface area contributed by atoms with E-state index in [2.05, 4.69) is 11.9 Å². The van der Waals surface area contributed by atoms with Crippen LogP contribution in [-0.4, -0.2) is 32.8 Å². The van der Waals surface area contributed by atoms with Crippen molar-refractivity contribution in [2.24, 2.45) is 0 Å². The fourth-order valence-corrected chi connectivity index (χ4v) is 4.49. The quantitative estimate of drug-likeness (QED) is 0.364. The molecular weight excluding hydrogens is 368 g/mol. The molecule has 26 heavy (non-hydrogen) atoms. The standard InChI is InChI=1S/C19H20N2O3S2/c1-2-13-8-9-17(26-13)16(23)12-25-19-20-15-7-4-3-6-14(15)18(24)21(19)10-5-11-22/h3-4,6-9,22H,2,5,10-12H2,1H3. The van der Waals surface area contributed by atoms with E-state index in [0.29, 0.717) is 29.0 Å². The Morgan fingerprint density at radius 3 is 2.81 bits per heavy atom. The molecule has 7 heteroatoms. The minimum atomic E-state index is -0.136. The summed E-state index contributed by atoms with van der Waals surface area (Å²) in [5.74, 6) is 0.268. The molecule has 0 aliphatic rings. The van der Waals surface area contributed by atoms with Gasteiger partial charge in [0.1, 0.15) is 0 Å². The molecule has 0 aliphatic carbocycles. The lowest BCUT2D eigenvalue weighted by atomic mass is 10.2. The van der Waals surface area contributed by atoms with Crippen molar-refractivity contribution in [1.29, 1.82) is 0 Å². The second kappa shape index (κ2) is 8.62. The third kappa shape index (κ3) is 4.06. The van der Waals surface area contributed by atoms with E-state index in [4.69, 9.17) is 5.11 Å². The number of aryl methyl sites for hydroxylation is 1. The Bertz CT molecular complexity index is 978. The van der Waals surface area contributed by atoms with Gasteiger partial charge in [0.15, 0.2) is 10.9 Å². The fraction of sp³-hybridized carbons (Fsp3) is 0.316. The molecule has 136 valence electrons. The lowest BCUT2D eigenvalue weighted by Crippen LogP contribution is -2.24. The Hall–Kier alpha value is -1.96. The minimum Gasteiger partial charge on any atom is -0.396 e. The van der Waals surface area contributed by atoms with Crippen LogP contribution in [0.2, 0.25) is 0 Å². The minimum absolute atomic E-state index is 0.00268. The van der Waals surface area contributed by atoms with Crippen molar-refractivity contribution in [2.45, 2.75) is 31.5 Å². The first-order valence-electron chi connectivity index (χ1n) is 8.49. The lowest BCUT2D eigenvalue weighted by Gasteiger charge is -2.12. The van der Waals surface area contributed by atoms with Gasteiger partial charge in [-0.2, -0.15) is 0 Å². The number of ketones is 1. The summed E-state index contributed by atoms with van der Waals surface area (Å²) in [6.45, 7) is 2.44. The summed E-state index contributed by atoms with van der Waals surface area (Å²) in [4.78, 5) is 31.7. The highest BCUT2D eigenvalue weighted by Gasteiger charge is 2.15. The van der Waals surface area contributed by atoms with E-state index in [-0.39, 0.29) is 23.7 Å². The molecule has 2 aromatic heterocycles. The van der Waals surface area contributed by atoms with Gasteiger partial charge < -0.3 is 5.11 Å². The molecule has 2 heterocycles. The van der Waals surface area contributed by atoms with E-state index in [1.54, 1.807) is 22.8 Å². The van der Waals surface area contributed by atoms with Crippen molar-refractivity contribution in [3.8, 4) is 0 Å². The van der Waals surface area contributed by atoms with E-state index >= 15 is 0 Å². The van der Waals surface area contributed by atoms with Crippen molar-refractivity contribution in [1.82, 2.24) is 9.55 Å². The number of Topliss-reactive ketones (excluding diaryl/α,β-unsaturated/α-hetero) is 1. The molecule has 3 aromatic rings. The number of thioether (sulfide) groups is 1. The first-order chi connectivity index (χ1) is 12.6. The molecule has 1 aromatic carbocycles. The van der Waals surface area contributed by atoms with E-state index in [1.807, 2.05) is 18.2 Å². The molecule has 0 unspecified atom stereocenters. The highest BCUT2D eigenvalue weighted by molar-refractivity contribution is 7.99. The third-order valence-electron chi connectivity index (χ3n) is 3.98. The lowest BCUT2D eigenvalue weighted by molar-refractivity contribution is 0.102. The van der Waals surface area contributed by atoms with Gasteiger partial charge >= 0.3 is 0 Å². The molecule has 0 radical (unpaired) electrons. The van der Waals surface area contributed by atoms with E-state index in [9.17, 15) is 9.59 Å². The van der Waals surface area contributed by atoms with Gasteiger partial charge in [-0.15, -0.1) is 11.3 Å². The zero-order valence-electron chi connectivity index (χ0n) is 14.5. The molecule has 3 rings (SSSR count). The Morgan fingerprint density at radius 1 is 1.27 bits per heavy atom. The summed E-state index contributed by atoms with van der Waals surface area (Å²) in [7, 11) is 0. The maximum absolute atomic E-state index is 12.8. The van der Waals surface area contributed by atoms with Crippen molar-refractivity contribution in [2.75, 3.05) is 12.4 Å². The zero-order chi connectivity index (χ0) is 18.5. The van der Waals surface area contributed by atoms with Crippen LogP contribution < -0.4 is 5.56 Å². The van der Waals surface area contributed by atoms with E-state index in [1.165, 1.54) is 28.0 Å². The highest BCUT2D eigenvalue weighted by Crippen LogP contribution is 2.23. The summed E-state index contributed by atoms with van der Waals surface area (Å²) >= 11 is 2.79. The fourth-order valence-electron chi connectivity index (χ4n) is 2.60. The number of carbonyl (C=O) groups is 1. The summed E-state index contributed by atoms with van der Waals surface area (Å²) in [6, 6.07) is 11.0. The largest absolute Gasteiger partial charge is 0.396 e. The molecular formula is C19H20N2O3S2. The molecule has 5 nitrogen and oxygen atoms in total. The maximum atomic E-state index is 12.8. The molecule has 0 atom stereocenters. The van der Waals surface area contributed by atoms with Crippen LogP contribution >= 0.6 is 23.1 Å². The molecule has 0 fully saturated rings. The SMILES string of the molecule is CCc1ccc(C(=O)CSc2nc3ccccc3c(=O)n2CCCO)s1. The average Bonchev–Trinajstić information content (AvgIpc) is 3.15. The average molecular weight is 389 g/mol.